The van der Waals surface area contributed by atoms with Gasteiger partial charge in [0, 0.05) is 11.2 Å². The molecule has 1 N–H and O–H groups in total. The molecule has 6 heteroatoms. The third kappa shape index (κ3) is 4.02. The van der Waals surface area contributed by atoms with E-state index in [-0.39, 0.29) is 24.2 Å². The van der Waals surface area contributed by atoms with Gasteiger partial charge < -0.3 is 14.6 Å². The summed E-state index contributed by atoms with van der Waals surface area (Å²) in [6.07, 6.45) is 0. The van der Waals surface area contributed by atoms with Crippen LogP contribution < -0.4 is 10.1 Å². The van der Waals surface area contributed by atoms with Crippen molar-refractivity contribution in [3.8, 4) is 5.75 Å². The number of rotatable bonds is 6. The van der Waals surface area contributed by atoms with Crippen LogP contribution in [0.2, 0.25) is 0 Å². The zero-order valence-electron chi connectivity index (χ0n) is 14.6. The first-order valence-corrected chi connectivity index (χ1v) is 8.33. The molecule has 3 rings (SSSR count). The summed E-state index contributed by atoms with van der Waals surface area (Å²) in [5.41, 5.74) is 2.70. The summed E-state index contributed by atoms with van der Waals surface area (Å²) in [5, 5.41) is 3.99. The van der Waals surface area contributed by atoms with Gasteiger partial charge in [-0.05, 0) is 49.1 Å². The summed E-state index contributed by atoms with van der Waals surface area (Å²) in [6, 6.07) is 15.9. The number of para-hydroxylation sites is 1. The van der Waals surface area contributed by atoms with E-state index < -0.39 is 6.61 Å². The van der Waals surface area contributed by atoms with Crippen LogP contribution in [0.3, 0.4) is 0 Å². The van der Waals surface area contributed by atoms with Gasteiger partial charge in [-0.3, -0.25) is 4.79 Å². The fourth-order valence-corrected chi connectivity index (χ4v) is 3.03. The van der Waals surface area contributed by atoms with Crippen molar-refractivity contribution in [1.82, 2.24) is 9.88 Å². The minimum atomic E-state index is -2.87. The molecule has 1 heterocycles. The molecule has 0 aliphatic carbocycles. The number of carbonyl (C=O) groups is 1. The van der Waals surface area contributed by atoms with Crippen LogP contribution in [-0.2, 0) is 11.3 Å². The predicted octanol–water partition coefficient (Wildman–Crippen LogP) is 4.43. The Morgan fingerprint density at radius 2 is 1.92 bits per heavy atom. The van der Waals surface area contributed by atoms with E-state index in [0.717, 1.165) is 16.6 Å². The predicted molar refractivity (Wildman–Crippen MR) is 96.3 cm³/mol. The highest BCUT2D eigenvalue weighted by Crippen LogP contribution is 2.22. The maximum absolute atomic E-state index is 12.5. The van der Waals surface area contributed by atoms with Gasteiger partial charge in [-0.2, -0.15) is 8.78 Å². The lowest BCUT2D eigenvalue weighted by atomic mass is 10.1. The van der Waals surface area contributed by atoms with Crippen LogP contribution in [0.5, 0.6) is 5.75 Å². The Hall–Kier alpha value is -2.89. The van der Waals surface area contributed by atoms with Crippen molar-refractivity contribution < 1.29 is 18.3 Å². The van der Waals surface area contributed by atoms with Crippen molar-refractivity contribution in [1.29, 1.82) is 0 Å². The topological polar surface area (TPSA) is 43.3 Å². The molecule has 0 saturated heterocycles. The summed E-state index contributed by atoms with van der Waals surface area (Å²) in [4.78, 5) is 12.5. The summed E-state index contributed by atoms with van der Waals surface area (Å²) in [6.45, 7) is 1.08. The van der Waals surface area contributed by atoms with Gasteiger partial charge in [0.1, 0.15) is 12.3 Å². The maximum Gasteiger partial charge on any atom is 0.387 e. The Balaban J connectivity index is 1.70. The average Bonchev–Trinajstić information content (AvgIpc) is 2.90. The van der Waals surface area contributed by atoms with E-state index in [1.807, 2.05) is 41.8 Å². The number of hydrogen-bond donors (Lipinski definition) is 1. The Morgan fingerprint density at radius 3 is 2.69 bits per heavy atom. The molecule has 4 nitrogen and oxygen atoms in total. The summed E-state index contributed by atoms with van der Waals surface area (Å²) in [5.74, 6) is -0.0759. The second-order valence-corrected chi connectivity index (χ2v) is 6.17. The van der Waals surface area contributed by atoms with Crippen LogP contribution in [0.15, 0.2) is 54.6 Å². The molecular weight excluding hydrogens is 338 g/mol. The Morgan fingerprint density at radius 1 is 1.15 bits per heavy atom. The summed E-state index contributed by atoms with van der Waals surface area (Å²) >= 11 is 0. The van der Waals surface area contributed by atoms with Gasteiger partial charge in [-0.15, -0.1) is 0 Å². The van der Waals surface area contributed by atoms with E-state index in [1.165, 1.54) is 12.1 Å². The van der Waals surface area contributed by atoms with Crippen LogP contribution in [0, 0.1) is 6.92 Å². The van der Waals surface area contributed by atoms with Crippen molar-refractivity contribution in [2.45, 2.75) is 33.0 Å². The highest BCUT2D eigenvalue weighted by atomic mass is 19.3. The minimum absolute atomic E-state index is 0.0749. The van der Waals surface area contributed by atoms with Crippen LogP contribution in [0.4, 0.5) is 8.78 Å². The van der Waals surface area contributed by atoms with E-state index >= 15 is 0 Å². The molecule has 0 bridgehead atoms. The standard InChI is InChI=1S/C20H20F2N2O2/c1-13-10-16-6-3-4-9-18(16)24(13)12-19(25)23-14(2)15-7-5-8-17(11-15)26-20(21)22/h3-11,14,20H,12H2,1-2H3,(H,23,25). The van der Waals surface area contributed by atoms with E-state index in [2.05, 4.69) is 10.1 Å². The fourth-order valence-electron chi connectivity index (χ4n) is 3.03. The number of benzene rings is 2. The van der Waals surface area contributed by atoms with E-state index in [9.17, 15) is 13.6 Å². The molecule has 0 spiro atoms. The van der Waals surface area contributed by atoms with E-state index in [4.69, 9.17) is 0 Å². The maximum atomic E-state index is 12.5. The number of carbonyl (C=O) groups excluding carboxylic acids is 1. The third-order valence-corrected chi connectivity index (χ3v) is 4.28. The lowest BCUT2D eigenvalue weighted by molar-refractivity contribution is -0.122. The smallest absolute Gasteiger partial charge is 0.387 e. The number of amides is 1. The van der Waals surface area contributed by atoms with Gasteiger partial charge >= 0.3 is 6.61 Å². The first-order valence-electron chi connectivity index (χ1n) is 8.33. The molecule has 136 valence electrons. The lowest BCUT2D eigenvalue weighted by Crippen LogP contribution is -2.30. The van der Waals surface area contributed by atoms with E-state index in [1.54, 1.807) is 19.1 Å². The van der Waals surface area contributed by atoms with E-state index in [0.29, 0.717) is 5.56 Å². The molecule has 1 amide bonds. The second kappa shape index (κ2) is 7.56. The molecule has 0 radical (unpaired) electrons. The van der Waals surface area contributed by atoms with Gasteiger partial charge in [-0.25, -0.2) is 0 Å². The molecule has 0 fully saturated rings. The molecule has 3 aromatic rings. The number of hydrogen-bond acceptors (Lipinski definition) is 2. The molecule has 1 aromatic heterocycles. The molecule has 0 aliphatic heterocycles. The number of nitrogens with zero attached hydrogens (tertiary/aromatic N) is 1. The number of aromatic nitrogens is 1. The first-order chi connectivity index (χ1) is 12.4. The van der Waals surface area contributed by atoms with Crippen LogP contribution in [0.1, 0.15) is 24.2 Å². The largest absolute Gasteiger partial charge is 0.435 e. The molecule has 0 aliphatic rings. The highest BCUT2D eigenvalue weighted by Gasteiger charge is 2.14. The zero-order valence-corrected chi connectivity index (χ0v) is 14.6. The lowest BCUT2D eigenvalue weighted by Gasteiger charge is -2.16. The number of fused-ring (bicyclic) bond motifs is 1. The van der Waals surface area contributed by atoms with Gasteiger partial charge in [-0.1, -0.05) is 30.3 Å². The number of halogens is 2. The highest BCUT2D eigenvalue weighted by molar-refractivity contribution is 5.84. The van der Waals surface area contributed by atoms with Crippen molar-refractivity contribution in [3.05, 3.63) is 65.9 Å². The van der Waals surface area contributed by atoms with Crippen LogP contribution >= 0.6 is 0 Å². The normalized spacial score (nSPS) is 12.3. The van der Waals surface area contributed by atoms with Gasteiger partial charge in [0.2, 0.25) is 5.91 Å². The molecule has 2 aromatic carbocycles. The number of alkyl halides is 2. The Kier molecular flexibility index (Phi) is 5.21. The molecule has 26 heavy (non-hydrogen) atoms. The number of aryl methyl sites for hydroxylation is 1. The fraction of sp³-hybridized carbons (Fsp3) is 0.250. The summed E-state index contributed by atoms with van der Waals surface area (Å²) in [7, 11) is 0. The third-order valence-electron chi connectivity index (χ3n) is 4.28. The number of ether oxygens (including phenoxy) is 1. The average molecular weight is 358 g/mol. The molecule has 0 saturated carbocycles. The van der Waals surface area contributed by atoms with Gasteiger partial charge in [0.05, 0.1) is 6.04 Å². The first kappa shape index (κ1) is 17.9. The zero-order chi connectivity index (χ0) is 18.7. The van der Waals surface area contributed by atoms with Crippen molar-refractivity contribution in [2.24, 2.45) is 0 Å². The van der Waals surface area contributed by atoms with Gasteiger partial charge in [0.25, 0.3) is 0 Å². The van der Waals surface area contributed by atoms with Crippen LogP contribution in [0.25, 0.3) is 10.9 Å². The van der Waals surface area contributed by atoms with Crippen molar-refractivity contribution in [3.63, 3.8) is 0 Å². The second-order valence-electron chi connectivity index (χ2n) is 6.17. The minimum Gasteiger partial charge on any atom is -0.435 e. The van der Waals surface area contributed by atoms with Crippen molar-refractivity contribution in [2.75, 3.05) is 0 Å². The molecular formula is C20H20F2N2O2. The van der Waals surface area contributed by atoms with Crippen LogP contribution in [-0.4, -0.2) is 17.1 Å². The Bertz CT molecular complexity index is 921. The quantitative estimate of drug-likeness (QED) is 0.708. The summed E-state index contributed by atoms with van der Waals surface area (Å²) < 4.78 is 31.1. The molecule has 1 atom stereocenters. The number of nitrogens with one attached hydrogen (secondary N) is 1. The monoisotopic (exact) mass is 358 g/mol. The SMILES string of the molecule is Cc1cc2ccccc2n1CC(=O)NC(C)c1cccc(OC(F)F)c1. The van der Waals surface area contributed by atoms with Crippen molar-refractivity contribution >= 4 is 16.8 Å². The van der Waals surface area contributed by atoms with Gasteiger partial charge in [0.15, 0.2) is 0 Å². The Labute approximate surface area is 150 Å². The molecule has 1 unspecified atom stereocenters.